The van der Waals surface area contributed by atoms with Crippen LogP contribution in [-0.2, 0) is 35.5 Å². The molecule has 7 nitrogen and oxygen atoms in total. The van der Waals surface area contributed by atoms with Gasteiger partial charge in [-0.1, -0.05) is 6.92 Å². The van der Waals surface area contributed by atoms with Gasteiger partial charge < -0.3 is 9.64 Å². The summed E-state index contributed by atoms with van der Waals surface area (Å²) in [7, 11) is 3.88. The summed E-state index contributed by atoms with van der Waals surface area (Å²) in [5.41, 5.74) is 0.263. The molecule has 0 radical (unpaired) electrons. The van der Waals surface area contributed by atoms with Crippen LogP contribution >= 0.6 is 11.3 Å². The first kappa shape index (κ1) is 19.8. The van der Waals surface area contributed by atoms with Crippen LogP contribution in [0.2, 0.25) is 0 Å². The van der Waals surface area contributed by atoms with E-state index in [1.54, 1.807) is 22.8 Å². The van der Waals surface area contributed by atoms with Crippen LogP contribution in [0.5, 0.6) is 0 Å². The van der Waals surface area contributed by atoms with E-state index < -0.39 is 11.7 Å². The molecule has 1 aliphatic carbocycles. The molecule has 1 aliphatic rings. The summed E-state index contributed by atoms with van der Waals surface area (Å²) in [6.45, 7) is 4.94. The minimum Gasteiger partial charge on any atom is -0.465 e. The van der Waals surface area contributed by atoms with Crippen molar-refractivity contribution in [3.63, 3.8) is 0 Å². The van der Waals surface area contributed by atoms with E-state index in [9.17, 15) is 14.4 Å². The first-order chi connectivity index (χ1) is 12.8. The Morgan fingerprint density at radius 3 is 2.70 bits per heavy atom. The van der Waals surface area contributed by atoms with Gasteiger partial charge in [-0.05, 0) is 51.8 Å². The Labute approximate surface area is 162 Å². The number of nitrogens with zero attached hydrogens (tertiary/aromatic N) is 3. The maximum absolute atomic E-state index is 13.1. The largest absolute Gasteiger partial charge is 0.465 e. The monoisotopic (exact) mass is 393 g/mol. The number of esters is 1. The van der Waals surface area contributed by atoms with Crippen LogP contribution in [-0.4, -0.2) is 47.3 Å². The summed E-state index contributed by atoms with van der Waals surface area (Å²) < 4.78 is 7.66. The van der Waals surface area contributed by atoms with Crippen molar-refractivity contribution in [2.75, 3.05) is 27.2 Å². The molecule has 0 saturated carbocycles. The maximum Gasteiger partial charge on any atom is 0.332 e. The zero-order chi connectivity index (χ0) is 19.7. The average molecular weight is 394 g/mol. The number of carbonyl (C=O) groups is 1. The predicted octanol–water partition coefficient (Wildman–Crippen LogP) is 1.47. The third-order valence-corrected chi connectivity index (χ3v) is 6.30. The molecule has 1 unspecified atom stereocenters. The van der Waals surface area contributed by atoms with Gasteiger partial charge in [0.05, 0.1) is 12.0 Å². The summed E-state index contributed by atoms with van der Waals surface area (Å²) in [5.74, 6) is 0.0159. The number of ether oxygens (including phenoxy) is 1. The van der Waals surface area contributed by atoms with Crippen LogP contribution in [0.25, 0.3) is 10.2 Å². The van der Waals surface area contributed by atoms with E-state index in [4.69, 9.17) is 4.74 Å². The highest BCUT2D eigenvalue weighted by molar-refractivity contribution is 7.18. The fourth-order valence-corrected chi connectivity index (χ4v) is 5.09. The highest BCUT2D eigenvalue weighted by Crippen LogP contribution is 2.36. The topological polar surface area (TPSA) is 73.5 Å². The van der Waals surface area contributed by atoms with Crippen molar-refractivity contribution in [1.82, 2.24) is 14.0 Å². The van der Waals surface area contributed by atoms with Gasteiger partial charge in [0, 0.05) is 18.0 Å². The van der Waals surface area contributed by atoms with Gasteiger partial charge in [-0.2, -0.15) is 0 Å². The number of likely N-dealkylation sites (N-methyl/N-ethyl adjacent to an activating group) is 1. The van der Waals surface area contributed by atoms with Crippen LogP contribution in [0.15, 0.2) is 9.59 Å². The molecule has 0 aromatic carbocycles. The van der Waals surface area contributed by atoms with Crippen LogP contribution in [0.4, 0.5) is 0 Å². The van der Waals surface area contributed by atoms with Crippen molar-refractivity contribution >= 4 is 27.5 Å². The Bertz CT molecular complexity index is 970. The Morgan fingerprint density at radius 2 is 2.04 bits per heavy atom. The standard InChI is InChI=1S/C19H27N3O4S/c1-5-26-15(23)11-22-17(24)16-13-7-6-12(2)10-14(13)27-18(16)21(19(22)25)9-8-20(3)4/h12H,5-11H2,1-4H3. The van der Waals surface area contributed by atoms with Crippen molar-refractivity contribution in [3.05, 3.63) is 31.3 Å². The van der Waals surface area contributed by atoms with Crippen molar-refractivity contribution in [2.24, 2.45) is 5.92 Å². The zero-order valence-electron chi connectivity index (χ0n) is 16.4. The number of fused-ring (bicyclic) bond motifs is 3. The Hall–Kier alpha value is -1.93. The summed E-state index contributed by atoms with van der Waals surface area (Å²) >= 11 is 1.56. The molecule has 148 valence electrons. The van der Waals surface area contributed by atoms with E-state index >= 15 is 0 Å². The van der Waals surface area contributed by atoms with Gasteiger partial charge in [-0.3, -0.25) is 14.2 Å². The Morgan fingerprint density at radius 1 is 1.30 bits per heavy atom. The SMILES string of the molecule is CCOC(=O)Cn1c(=O)c2c3c(sc2n(CCN(C)C)c1=O)CC(C)CC3. The van der Waals surface area contributed by atoms with E-state index in [1.807, 2.05) is 19.0 Å². The molecule has 2 heterocycles. The average Bonchev–Trinajstić information content (AvgIpc) is 2.96. The second-order valence-corrected chi connectivity index (χ2v) is 8.55. The maximum atomic E-state index is 13.1. The summed E-state index contributed by atoms with van der Waals surface area (Å²) in [6, 6.07) is 0. The van der Waals surface area contributed by atoms with Gasteiger partial charge in [0.25, 0.3) is 5.56 Å². The van der Waals surface area contributed by atoms with Gasteiger partial charge in [-0.25, -0.2) is 9.36 Å². The molecule has 0 amide bonds. The normalized spacial score (nSPS) is 16.7. The lowest BCUT2D eigenvalue weighted by molar-refractivity contribution is -0.143. The van der Waals surface area contributed by atoms with Crippen molar-refractivity contribution < 1.29 is 9.53 Å². The molecular formula is C19H27N3O4S. The number of carbonyl (C=O) groups excluding carboxylic acids is 1. The molecule has 0 bridgehead atoms. The van der Waals surface area contributed by atoms with Crippen molar-refractivity contribution in [3.8, 4) is 0 Å². The second-order valence-electron chi connectivity index (χ2n) is 7.47. The lowest BCUT2D eigenvalue weighted by Crippen LogP contribution is -2.42. The molecule has 0 spiro atoms. The molecule has 3 rings (SSSR count). The number of aryl methyl sites for hydroxylation is 1. The van der Waals surface area contributed by atoms with Crippen molar-refractivity contribution in [1.29, 1.82) is 0 Å². The second kappa shape index (κ2) is 7.98. The number of hydrogen-bond acceptors (Lipinski definition) is 6. The van der Waals surface area contributed by atoms with Crippen molar-refractivity contribution in [2.45, 2.75) is 46.2 Å². The van der Waals surface area contributed by atoms with Crippen LogP contribution in [0.3, 0.4) is 0 Å². The zero-order valence-corrected chi connectivity index (χ0v) is 17.2. The molecule has 0 saturated heterocycles. The molecule has 1 atom stereocenters. The van der Waals surface area contributed by atoms with E-state index in [-0.39, 0.29) is 18.7 Å². The Balaban J connectivity index is 2.21. The molecule has 2 aromatic heterocycles. The predicted molar refractivity (Wildman–Crippen MR) is 107 cm³/mol. The fourth-order valence-electron chi connectivity index (χ4n) is 3.57. The molecule has 0 N–H and O–H groups in total. The molecule has 27 heavy (non-hydrogen) atoms. The lowest BCUT2D eigenvalue weighted by atomic mass is 9.89. The summed E-state index contributed by atoms with van der Waals surface area (Å²) in [5, 5.41) is 0.615. The highest BCUT2D eigenvalue weighted by atomic mass is 32.1. The van der Waals surface area contributed by atoms with Gasteiger partial charge in [0.1, 0.15) is 11.4 Å². The lowest BCUT2D eigenvalue weighted by Gasteiger charge is -2.17. The minimum atomic E-state index is -0.562. The van der Waals surface area contributed by atoms with Gasteiger partial charge in [0.15, 0.2) is 0 Å². The number of thiophene rings is 1. The van der Waals surface area contributed by atoms with Crippen LogP contribution < -0.4 is 11.2 Å². The van der Waals surface area contributed by atoms with Gasteiger partial charge >= 0.3 is 11.7 Å². The van der Waals surface area contributed by atoms with Crippen LogP contribution in [0, 0.1) is 5.92 Å². The van der Waals surface area contributed by atoms with E-state index in [2.05, 4.69) is 6.92 Å². The molecular weight excluding hydrogens is 366 g/mol. The third-order valence-electron chi connectivity index (χ3n) is 5.02. The van der Waals surface area contributed by atoms with Gasteiger partial charge in [0.2, 0.25) is 0 Å². The number of aromatic nitrogens is 2. The number of rotatable bonds is 6. The first-order valence-electron chi connectivity index (χ1n) is 9.41. The third kappa shape index (κ3) is 3.87. The highest BCUT2D eigenvalue weighted by Gasteiger charge is 2.26. The smallest absolute Gasteiger partial charge is 0.332 e. The van der Waals surface area contributed by atoms with E-state index in [0.29, 0.717) is 24.4 Å². The summed E-state index contributed by atoms with van der Waals surface area (Å²) in [4.78, 5) is 42.1. The summed E-state index contributed by atoms with van der Waals surface area (Å²) in [6.07, 6.45) is 2.82. The van der Waals surface area contributed by atoms with Crippen LogP contribution in [0.1, 0.15) is 30.7 Å². The molecule has 0 aliphatic heterocycles. The van der Waals surface area contributed by atoms with Gasteiger partial charge in [-0.15, -0.1) is 11.3 Å². The molecule has 8 heteroatoms. The Kier molecular flexibility index (Phi) is 5.86. The number of hydrogen-bond donors (Lipinski definition) is 0. The fraction of sp³-hybridized carbons (Fsp3) is 0.632. The molecule has 2 aromatic rings. The first-order valence-corrected chi connectivity index (χ1v) is 10.2. The van der Waals surface area contributed by atoms with E-state index in [1.165, 1.54) is 4.88 Å². The quantitative estimate of drug-likeness (QED) is 0.695. The van der Waals surface area contributed by atoms with E-state index in [0.717, 1.165) is 34.2 Å². The minimum absolute atomic E-state index is 0.219. The molecule has 0 fully saturated rings.